The van der Waals surface area contributed by atoms with Gasteiger partial charge in [-0.15, -0.1) is 23.6 Å². The molecule has 0 atom stereocenters. The average molecular weight is 936 g/mol. The Morgan fingerprint density at radius 1 is 0.638 bits per heavy atom. The summed E-state index contributed by atoms with van der Waals surface area (Å²) < 4.78 is 9.07. The van der Waals surface area contributed by atoms with Crippen molar-refractivity contribution in [1.82, 2.24) is 14.5 Å². The number of benzene rings is 6. The number of nitrogens with zero attached hydrogens (tertiary/aromatic N) is 4. The number of hydrogen-bond donors (Lipinski definition) is 0. The second kappa shape index (κ2) is 13.7. The average Bonchev–Trinajstić information content (AvgIpc) is 3.75. The van der Waals surface area contributed by atoms with E-state index in [1.165, 1.54) is 11.1 Å². The third-order valence-electron chi connectivity index (χ3n) is 11.6. The Morgan fingerprint density at radius 2 is 1.33 bits per heavy atom. The van der Waals surface area contributed by atoms with Crippen molar-refractivity contribution >= 4 is 71.6 Å². The van der Waals surface area contributed by atoms with Gasteiger partial charge in [0.1, 0.15) is 11.4 Å². The summed E-state index contributed by atoms with van der Waals surface area (Å²) in [6, 6.07) is 46.9. The largest absolute Gasteiger partial charge is 2.00 e. The van der Waals surface area contributed by atoms with Crippen molar-refractivity contribution in [1.29, 1.82) is 0 Å². The van der Waals surface area contributed by atoms with Crippen LogP contribution in [-0.4, -0.2) is 14.5 Å². The van der Waals surface area contributed by atoms with Crippen molar-refractivity contribution in [3.63, 3.8) is 0 Å². The zero-order valence-electron chi connectivity index (χ0n) is 34.1. The van der Waals surface area contributed by atoms with E-state index in [2.05, 4.69) is 186 Å². The van der Waals surface area contributed by atoms with Gasteiger partial charge in [-0.1, -0.05) is 130 Å². The molecule has 4 aromatic heterocycles. The van der Waals surface area contributed by atoms with Gasteiger partial charge >= 0.3 is 21.1 Å². The Balaban J connectivity index is 0.00000436. The SMILES string of the molecule is Cc1cccc(C)c1N(c1[c-]c2c(cc1)c1ccccc1n2-c1cc(C(C)(C)C)ccn1)c1[c-]c(-c2cc(C(C)(C)C)ccn2)c2oc3cccc4ccc1c2c43.[Pt+2]. The third kappa shape index (κ3) is 5.93. The van der Waals surface area contributed by atoms with Crippen LogP contribution in [0.3, 0.4) is 0 Å². The minimum atomic E-state index is -0.0663. The summed E-state index contributed by atoms with van der Waals surface area (Å²) in [5.74, 6) is 0.871. The molecule has 10 rings (SSSR count). The Morgan fingerprint density at radius 3 is 2.09 bits per heavy atom. The van der Waals surface area contributed by atoms with E-state index in [9.17, 15) is 0 Å². The maximum Gasteiger partial charge on any atom is 2.00 e. The Labute approximate surface area is 353 Å². The molecule has 0 unspecified atom stereocenters. The number of aromatic nitrogens is 3. The van der Waals surface area contributed by atoms with Crippen LogP contribution in [0.1, 0.15) is 63.8 Å². The van der Waals surface area contributed by atoms with E-state index in [0.717, 1.165) is 99.8 Å². The molecule has 58 heavy (non-hydrogen) atoms. The monoisotopic (exact) mass is 935 g/mol. The van der Waals surface area contributed by atoms with Crippen LogP contribution in [0.2, 0.25) is 0 Å². The number of fused-ring (bicyclic) bond motifs is 3. The molecule has 6 aromatic carbocycles. The van der Waals surface area contributed by atoms with Gasteiger partial charge in [0, 0.05) is 29.0 Å². The van der Waals surface area contributed by atoms with Crippen molar-refractivity contribution in [2.75, 3.05) is 4.90 Å². The molecule has 0 amide bonds. The van der Waals surface area contributed by atoms with Gasteiger partial charge in [-0.25, -0.2) is 4.98 Å². The number of anilines is 3. The van der Waals surface area contributed by atoms with Crippen LogP contribution in [0.15, 0.2) is 126 Å². The zero-order chi connectivity index (χ0) is 39.4. The minimum absolute atomic E-state index is 0. The predicted molar refractivity (Wildman–Crippen MR) is 237 cm³/mol. The first-order valence-corrected chi connectivity index (χ1v) is 19.7. The summed E-state index contributed by atoms with van der Waals surface area (Å²) in [7, 11) is 0. The zero-order valence-corrected chi connectivity index (χ0v) is 36.3. The smallest absolute Gasteiger partial charge is 0.501 e. The van der Waals surface area contributed by atoms with E-state index in [1.54, 1.807) is 0 Å². The van der Waals surface area contributed by atoms with Crippen molar-refractivity contribution in [2.45, 2.75) is 66.2 Å². The van der Waals surface area contributed by atoms with Gasteiger partial charge in [0.2, 0.25) is 0 Å². The van der Waals surface area contributed by atoms with Gasteiger partial charge in [-0.2, -0.15) is 6.07 Å². The molecular weight excluding hydrogens is 892 g/mol. The number of hydrogen-bond acceptors (Lipinski definition) is 4. The molecule has 10 aromatic rings. The number of para-hydroxylation sites is 2. The quantitative estimate of drug-likeness (QED) is 0.127. The van der Waals surface area contributed by atoms with Gasteiger partial charge in [0.15, 0.2) is 0 Å². The molecule has 0 saturated carbocycles. The Kier molecular flexibility index (Phi) is 8.91. The fourth-order valence-corrected chi connectivity index (χ4v) is 8.60. The molecule has 0 spiro atoms. The minimum Gasteiger partial charge on any atom is -0.501 e. The van der Waals surface area contributed by atoms with Crippen LogP contribution < -0.4 is 4.90 Å². The van der Waals surface area contributed by atoms with Gasteiger partial charge in [-0.05, 0) is 105 Å². The predicted octanol–water partition coefficient (Wildman–Crippen LogP) is 14.0. The number of pyridine rings is 2. The topological polar surface area (TPSA) is 47.1 Å². The number of rotatable bonds is 5. The van der Waals surface area contributed by atoms with E-state index in [4.69, 9.17) is 14.4 Å². The maximum atomic E-state index is 6.80. The van der Waals surface area contributed by atoms with E-state index < -0.39 is 0 Å². The molecule has 0 aliphatic rings. The molecule has 6 heteroatoms. The molecule has 0 saturated heterocycles. The standard InChI is InChI=1S/C52H44N4O.Pt/c1-31-13-11-14-32(2)49(31)55(36-20-22-38-37-16-9-10-17-42(37)56(43(38)29-36)46-28-35(24-26-54-46)52(6,7)8)44-30-40(41-27-34(23-25-53-41)51(3,4)5)50-48-39(44)21-19-33-15-12-18-45(57-50)47(33)48;/h9-28H,1-8H3;/q-2;+2. The second-order valence-electron chi connectivity index (χ2n) is 17.5. The summed E-state index contributed by atoms with van der Waals surface area (Å²) in [4.78, 5) is 12.3. The summed E-state index contributed by atoms with van der Waals surface area (Å²) in [6.45, 7) is 17.8. The Hall–Kier alpha value is -5.77. The van der Waals surface area contributed by atoms with Crippen molar-refractivity contribution in [3.05, 3.63) is 156 Å². The normalized spacial score (nSPS) is 12.3. The maximum absolute atomic E-state index is 6.80. The van der Waals surface area contributed by atoms with Crippen LogP contribution in [0.25, 0.3) is 71.6 Å². The molecule has 0 bridgehead atoms. The van der Waals surface area contributed by atoms with Gasteiger partial charge in [0.05, 0.1) is 5.58 Å². The Bertz CT molecular complexity index is 3170. The molecule has 288 valence electrons. The van der Waals surface area contributed by atoms with Gasteiger partial charge < -0.3 is 18.9 Å². The summed E-state index contributed by atoms with van der Waals surface area (Å²) in [6.07, 6.45) is 3.84. The summed E-state index contributed by atoms with van der Waals surface area (Å²) in [5.41, 5.74) is 12.9. The van der Waals surface area contributed by atoms with Crippen molar-refractivity contribution in [2.24, 2.45) is 0 Å². The fraction of sp³-hybridized carbons (Fsp3) is 0.192. The van der Waals surface area contributed by atoms with E-state index in [-0.39, 0.29) is 31.9 Å². The van der Waals surface area contributed by atoms with Gasteiger partial charge in [0.25, 0.3) is 0 Å². The van der Waals surface area contributed by atoms with E-state index in [1.807, 2.05) is 12.4 Å². The molecule has 0 fully saturated rings. The number of furan rings is 1. The molecule has 0 radical (unpaired) electrons. The van der Waals surface area contributed by atoms with Crippen LogP contribution in [0, 0.1) is 26.0 Å². The van der Waals surface area contributed by atoms with E-state index in [0.29, 0.717) is 0 Å². The van der Waals surface area contributed by atoms with E-state index >= 15 is 0 Å². The third-order valence-corrected chi connectivity index (χ3v) is 11.6. The number of aryl methyl sites for hydroxylation is 2. The summed E-state index contributed by atoms with van der Waals surface area (Å²) >= 11 is 0. The van der Waals surface area contributed by atoms with Crippen LogP contribution >= 0.6 is 0 Å². The molecule has 0 aliphatic carbocycles. The fourth-order valence-electron chi connectivity index (χ4n) is 8.60. The van der Waals surface area contributed by atoms with Crippen LogP contribution in [-0.2, 0) is 31.9 Å². The molecule has 4 heterocycles. The van der Waals surface area contributed by atoms with Crippen LogP contribution in [0.5, 0.6) is 0 Å². The van der Waals surface area contributed by atoms with Crippen molar-refractivity contribution in [3.8, 4) is 17.1 Å². The van der Waals surface area contributed by atoms with Crippen molar-refractivity contribution < 1.29 is 25.5 Å². The first-order valence-electron chi connectivity index (χ1n) is 19.7. The van der Waals surface area contributed by atoms with Crippen LogP contribution in [0.4, 0.5) is 17.1 Å². The van der Waals surface area contributed by atoms with Gasteiger partial charge in [-0.3, -0.25) is 0 Å². The molecule has 0 N–H and O–H groups in total. The first-order chi connectivity index (χ1) is 27.4. The summed E-state index contributed by atoms with van der Waals surface area (Å²) in [5, 5.41) is 6.65. The first kappa shape index (κ1) is 37.8. The molecule has 0 aliphatic heterocycles. The second-order valence-corrected chi connectivity index (χ2v) is 17.5. The molecular formula is C52H44N4OPt. The molecule has 5 nitrogen and oxygen atoms in total.